The SMILES string of the molecule is CC[C@@H](CNC(=O)[C@@H](C)[NH+]1CCN(c2ccc(F)cc2)CC1)c1ccccc1. The third kappa shape index (κ3) is 5.10. The molecule has 28 heavy (non-hydrogen) atoms. The van der Waals surface area contributed by atoms with Crippen molar-refractivity contribution in [2.24, 2.45) is 0 Å². The molecule has 0 saturated carbocycles. The van der Waals surface area contributed by atoms with Gasteiger partial charge in [-0.2, -0.15) is 0 Å². The van der Waals surface area contributed by atoms with Crippen molar-refractivity contribution < 1.29 is 14.1 Å². The second-order valence-electron chi connectivity index (χ2n) is 7.60. The van der Waals surface area contributed by atoms with Gasteiger partial charge in [0.05, 0.1) is 26.2 Å². The lowest BCUT2D eigenvalue weighted by Crippen LogP contribution is -3.19. The number of nitrogens with zero attached hydrogens (tertiary/aromatic N) is 1. The van der Waals surface area contributed by atoms with Crippen LogP contribution in [0.15, 0.2) is 54.6 Å². The van der Waals surface area contributed by atoms with Crippen molar-refractivity contribution in [1.82, 2.24) is 5.32 Å². The minimum atomic E-state index is -0.209. The summed E-state index contributed by atoms with van der Waals surface area (Å²) in [4.78, 5) is 16.3. The van der Waals surface area contributed by atoms with Crippen LogP contribution in [0.25, 0.3) is 0 Å². The lowest BCUT2D eigenvalue weighted by Gasteiger charge is -2.36. The molecule has 1 aliphatic heterocycles. The Morgan fingerprint density at radius 3 is 2.36 bits per heavy atom. The molecule has 0 spiro atoms. The van der Waals surface area contributed by atoms with Gasteiger partial charge < -0.3 is 15.1 Å². The number of hydrogen-bond acceptors (Lipinski definition) is 2. The van der Waals surface area contributed by atoms with E-state index in [1.54, 1.807) is 0 Å². The van der Waals surface area contributed by atoms with Crippen LogP contribution >= 0.6 is 0 Å². The van der Waals surface area contributed by atoms with Gasteiger partial charge in [0.1, 0.15) is 5.82 Å². The van der Waals surface area contributed by atoms with Crippen LogP contribution in [0.4, 0.5) is 10.1 Å². The van der Waals surface area contributed by atoms with Crippen LogP contribution in [0, 0.1) is 5.82 Å². The Bertz CT molecular complexity index is 742. The molecule has 1 amide bonds. The fourth-order valence-electron chi connectivity index (χ4n) is 3.92. The summed E-state index contributed by atoms with van der Waals surface area (Å²) in [6, 6.07) is 17.0. The Hall–Kier alpha value is -2.40. The summed E-state index contributed by atoms with van der Waals surface area (Å²) in [6.45, 7) is 8.41. The largest absolute Gasteiger partial charge is 0.360 e. The highest BCUT2D eigenvalue weighted by Gasteiger charge is 2.29. The van der Waals surface area contributed by atoms with E-state index in [1.165, 1.54) is 22.6 Å². The second-order valence-corrected chi connectivity index (χ2v) is 7.60. The first-order valence-corrected chi connectivity index (χ1v) is 10.3. The lowest BCUT2D eigenvalue weighted by molar-refractivity contribution is -0.914. The number of hydrogen-bond donors (Lipinski definition) is 2. The molecule has 1 aliphatic rings. The normalized spacial score (nSPS) is 17.2. The summed E-state index contributed by atoms with van der Waals surface area (Å²) in [7, 11) is 0. The van der Waals surface area contributed by atoms with Crippen molar-refractivity contribution in [1.29, 1.82) is 0 Å². The molecule has 0 bridgehead atoms. The molecular weight excluding hydrogens is 353 g/mol. The molecule has 0 unspecified atom stereocenters. The molecule has 1 saturated heterocycles. The first kappa shape index (κ1) is 20.3. The summed E-state index contributed by atoms with van der Waals surface area (Å²) in [5, 5.41) is 3.16. The Kier molecular flexibility index (Phi) is 7.04. The number of nitrogens with one attached hydrogen (secondary N) is 2. The van der Waals surface area contributed by atoms with Crippen LogP contribution in [-0.4, -0.2) is 44.7 Å². The van der Waals surface area contributed by atoms with Crippen LogP contribution < -0.4 is 15.1 Å². The molecule has 2 aromatic carbocycles. The highest BCUT2D eigenvalue weighted by molar-refractivity contribution is 5.80. The van der Waals surface area contributed by atoms with Crippen LogP contribution in [0.5, 0.6) is 0 Å². The summed E-state index contributed by atoms with van der Waals surface area (Å²) < 4.78 is 13.1. The van der Waals surface area contributed by atoms with Gasteiger partial charge in [-0.05, 0) is 43.2 Å². The third-order valence-corrected chi connectivity index (χ3v) is 5.89. The van der Waals surface area contributed by atoms with Crippen molar-refractivity contribution in [2.45, 2.75) is 32.2 Å². The number of piperazine rings is 1. The summed E-state index contributed by atoms with van der Waals surface area (Å²) in [5.41, 5.74) is 2.32. The number of amides is 1. The number of benzene rings is 2. The number of carbonyl (C=O) groups excluding carboxylic acids is 1. The summed E-state index contributed by atoms with van der Waals surface area (Å²) in [5.74, 6) is 0.265. The van der Waals surface area contributed by atoms with E-state index in [9.17, 15) is 9.18 Å². The average Bonchev–Trinajstić information content (AvgIpc) is 2.75. The molecule has 2 atom stereocenters. The van der Waals surface area contributed by atoms with Gasteiger partial charge in [-0.3, -0.25) is 4.79 Å². The molecule has 0 radical (unpaired) electrons. The number of carbonyl (C=O) groups is 1. The van der Waals surface area contributed by atoms with Crippen LogP contribution in [0.1, 0.15) is 31.7 Å². The zero-order valence-corrected chi connectivity index (χ0v) is 16.8. The van der Waals surface area contributed by atoms with Crippen LogP contribution in [-0.2, 0) is 4.79 Å². The smallest absolute Gasteiger partial charge is 0.278 e. The maximum atomic E-state index is 13.1. The van der Waals surface area contributed by atoms with Gasteiger partial charge >= 0.3 is 0 Å². The van der Waals surface area contributed by atoms with Gasteiger partial charge in [0, 0.05) is 18.2 Å². The topological polar surface area (TPSA) is 36.8 Å². The summed E-state index contributed by atoms with van der Waals surface area (Å²) in [6.07, 6.45) is 1.00. The molecule has 2 aromatic rings. The lowest BCUT2D eigenvalue weighted by atomic mass is 9.96. The molecule has 1 heterocycles. The van der Waals surface area contributed by atoms with Crippen molar-refractivity contribution in [3.63, 3.8) is 0 Å². The molecule has 2 N–H and O–H groups in total. The quantitative estimate of drug-likeness (QED) is 0.768. The van der Waals surface area contributed by atoms with Crippen molar-refractivity contribution in [3.8, 4) is 0 Å². The van der Waals surface area contributed by atoms with Crippen molar-refractivity contribution in [2.75, 3.05) is 37.6 Å². The zero-order valence-electron chi connectivity index (χ0n) is 16.8. The number of anilines is 1. The predicted octanol–water partition coefficient (Wildman–Crippen LogP) is 2.23. The number of halogens is 1. The average molecular weight is 385 g/mol. The predicted molar refractivity (Wildman–Crippen MR) is 111 cm³/mol. The van der Waals surface area contributed by atoms with E-state index in [4.69, 9.17) is 0 Å². The first-order chi connectivity index (χ1) is 13.6. The molecular formula is C23H31FN3O+. The van der Waals surface area contributed by atoms with Crippen LogP contribution in [0.3, 0.4) is 0 Å². The fraction of sp³-hybridized carbons (Fsp3) is 0.435. The van der Waals surface area contributed by atoms with E-state index in [0.717, 1.165) is 38.3 Å². The zero-order chi connectivity index (χ0) is 19.9. The molecule has 1 fully saturated rings. The minimum Gasteiger partial charge on any atom is -0.360 e. The molecule has 150 valence electrons. The molecule has 3 rings (SSSR count). The Morgan fingerprint density at radius 2 is 1.75 bits per heavy atom. The van der Waals surface area contributed by atoms with Gasteiger partial charge in [-0.25, -0.2) is 4.39 Å². The Labute approximate surface area is 167 Å². The number of rotatable bonds is 7. The van der Waals surface area contributed by atoms with E-state index in [1.807, 2.05) is 37.3 Å². The minimum absolute atomic E-state index is 0.0661. The molecule has 5 heteroatoms. The Balaban J connectivity index is 1.48. The standard InChI is InChI=1S/C23H30FN3O/c1-3-19(20-7-5-4-6-8-20)17-25-23(28)18(2)26-13-15-27(16-14-26)22-11-9-21(24)10-12-22/h4-12,18-19H,3,13-17H2,1-2H3,(H,25,28)/p+1/t18-,19+/m1/s1. The fourth-order valence-corrected chi connectivity index (χ4v) is 3.92. The van der Waals surface area contributed by atoms with E-state index >= 15 is 0 Å². The van der Waals surface area contributed by atoms with Gasteiger partial charge in [-0.1, -0.05) is 37.3 Å². The summed E-state index contributed by atoms with van der Waals surface area (Å²) >= 11 is 0. The second kappa shape index (κ2) is 9.69. The molecule has 0 aliphatic carbocycles. The Morgan fingerprint density at radius 1 is 1.11 bits per heavy atom. The van der Waals surface area contributed by atoms with Crippen molar-refractivity contribution in [3.05, 3.63) is 66.0 Å². The third-order valence-electron chi connectivity index (χ3n) is 5.89. The molecule has 4 nitrogen and oxygen atoms in total. The molecule has 0 aromatic heterocycles. The maximum Gasteiger partial charge on any atom is 0.278 e. The van der Waals surface area contributed by atoms with Gasteiger partial charge in [0.15, 0.2) is 6.04 Å². The van der Waals surface area contributed by atoms with E-state index < -0.39 is 0 Å². The first-order valence-electron chi connectivity index (χ1n) is 10.3. The highest BCUT2D eigenvalue weighted by atomic mass is 19.1. The maximum absolute atomic E-state index is 13.1. The van der Waals surface area contributed by atoms with Gasteiger partial charge in [0.25, 0.3) is 5.91 Å². The van der Waals surface area contributed by atoms with E-state index in [-0.39, 0.29) is 17.8 Å². The van der Waals surface area contributed by atoms with E-state index in [0.29, 0.717) is 12.5 Å². The number of quaternary nitrogens is 1. The van der Waals surface area contributed by atoms with Crippen molar-refractivity contribution >= 4 is 11.6 Å². The highest BCUT2D eigenvalue weighted by Crippen LogP contribution is 2.18. The monoisotopic (exact) mass is 384 g/mol. The van der Waals surface area contributed by atoms with Gasteiger partial charge in [0.2, 0.25) is 0 Å². The van der Waals surface area contributed by atoms with Gasteiger partial charge in [-0.15, -0.1) is 0 Å². The van der Waals surface area contributed by atoms with Crippen LogP contribution in [0.2, 0.25) is 0 Å². The van der Waals surface area contributed by atoms with E-state index in [2.05, 4.69) is 29.3 Å².